The summed E-state index contributed by atoms with van der Waals surface area (Å²) in [5.74, 6) is -0.0603. The SMILES string of the molecule is CCOC(C)c1nc(CN(C)C(=O)[C@@H](N)C(C)(C)C)cs1.Cl.Cl. The first-order valence-corrected chi connectivity index (χ1v) is 8.11. The topological polar surface area (TPSA) is 68.5 Å². The molecule has 2 N–H and O–H groups in total. The van der Waals surface area contributed by atoms with Crippen LogP contribution in [0, 0.1) is 5.41 Å². The molecule has 0 fully saturated rings. The minimum atomic E-state index is -0.511. The summed E-state index contributed by atoms with van der Waals surface area (Å²) in [7, 11) is 1.76. The number of rotatable bonds is 6. The average Bonchev–Trinajstić information content (AvgIpc) is 2.84. The Morgan fingerprint density at radius 2 is 2.00 bits per heavy atom. The number of halogens is 2. The molecule has 1 aromatic heterocycles. The van der Waals surface area contributed by atoms with E-state index in [9.17, 15) is 4.79 Å². The lowest BCUT2D eigenvalue weighted by atomic mass is 9.86. The van der Waals surface area contributed by atoms with Gasteiger partial charge in [-0.3, -0.25) is 4.79 Å². The highest BCUT2D eigenvalue weighted by Gasteiger charge is 2.29. The molecular formula is C15H29Cl2N3O2S. The van der Waals surface area contributed by atoms with Gasteiger partial charge in [0.05, 0.1) is 18.3 Å². The molecule has 0 aromatic carbocycles. The second-order valence-electron chi connectivity index (χ2n) is 6.31. The highest BCUT2D eigenvalue weighted by Crippen LogP contribution is 2.23. The van der Waals surface area contributed by atoms with Gasteiger partial charge in [0.2, 0.25) is 5.91 Å². The fraction of sp³-hybridized carbons (Fsp3) is 0.733. The molecule has 0 aliphatic rings. The first-order valence-electron chi connectivity index (χ1n) is 7.23. The van der Waals surface area contributed by atoms with E-state index in [1.54, 1.807) is 23.3 Å². The monoisotopic (exact) mass is 385 g/mol. The van der Waals surface area contributed by atoms with Crippen LogP contribution < -0.4 is 5.73 Å². The van der Waals surface area contributed by atoms with E-state index >= 15 is 0 Å². The van der Waals surface area contributed by atoms with Crippen molar-refractivity contribution in [3.05, 3.63) is 16.1 Å². The number of amides is 1. The summed E-state index contributed by atoms with van der Waals surface area (Å²) in [5.41, 5.74) is 6.64. The van der Waals surface area contributed by atoms with E-state index in [1.807, 2.05) is 40.0 Å². The molecule has 0 saturated heterocycles. The lowest BCUT2D eigenvalue weighted by molar-refractivity contribution is -0.134. The van der Waals surface area contributed by atoms with Crippen molar-refractivity contribution in [1.29, 1.82) is 0 Å². The molecule has 2 atom stereocenters. The Morgan fingerprint density at radius 3 is 2.48 bits per heavy atom. The standard InChI is InChI=1S/C15H27N3O2S.2ClH/c1-7-20-10(2)13-17-11(9-21-13)8-18(6)14(19)12(16)15(3,4)5;;/h9-10,12H,7-8,16H2,1-6H3;2*1H/t10?,12-;;/m1../s1. The molecule has 23 heavy (non-hydrogen) atoms. The van der Waals surface area contributed by atoms with Gasteiger partial charge in [-0.25, -0.2) is 4.98 Å². The number of carbonyl (C=O) groups excluding carboxylic acids is 1. The fourth-order valence-electron chi connectivity index (χ4n) is 1.83. The molecule has 0 radical (unpaired) electrons. The predicted molar refractivity (Wildman–Crippen MR) is 101 cm³/mol. The molecule has 1 aromatic rings. The maximum atomic E-state index is 12.3. The Bertz CT molecular complexity index is 478. The van der Waals surface area contributed by atoms with Gasteiger partial charge in [0.15, 0.2) is 0 Å². The Kier molecular flexibility index (Phi) is 11.3. The normalized spacial score (nSPS) is 13.5. The lowest BCUT2D eigenvalue weighted by Crippen LogP contribution is -2.48. The van der Waals surface area contributed by atoms with E-state index in [-0.39, 0.29) is 42.2 Å². The quantitative estimate of drug-likeness (QED) is 0.814. The summed E-state index contributed by atoms with van der Waals surface area (Å²) in [5, 5.41) is 2.91. The van der Waals surface area contributed by atoms with Crippen molar-refractivity contribution in [1.82, 2.24) is 9.88 Å². The third-order valence-corrected chi connectivity index (χ3v) is 4.36. The molecule has 0 saturated carbocycles. The van der Waals surface area contributed by atoms with Gasteiger partial charge >= 0.3 is 0 Å². The van der Waals surface area contributed by atoms with Crippen molar-refractivity contribution in [3.8, 4) is 0 Å². The van der Waals surface area contributed by atoms with E-state index in [0.29, 0.717) is 13.2 Å². The van der Waals surface area contributed by atoms with E-state index in [1.165, 1.54) is 0 Å². The molecule has 1 heterocycles. The maximum absolute atomic E-state index is 12.3. The number of aromatic nitrogens is 1. The van der Waals surface area contributed by atoms with Gasteiger partial charge in [0, 0.05) is 19.0 Å². The van der Waals surface area contributed by atoms with Gasteiger partial charge in [-0.15, -0.1) is 36.2 Å². The largest absolute Gasteiger partial charge is 0.372 e. The van der Waals surface area contributed by atoms with Crippen molar-refractivity contribution in [2.45, 2.75) is 53.3 Å². The van der Waals surface area contributed by atoms with Gasteiger partial charge in [-0.05, 0) is 19.3 Å². The third kappa shape index (κ3) is 7.35. The van der Waals surface area contributed by atoms with Crippen LogP contribution in [0.3, 0.4) is 0 Å². The number of nitrogens with zero attached hydrogens (tertiary/aromatic N) is 2. The highest BCUT2D eigenvalue weighted by atomic mass is 35.5. The second-order valence-corrected chi connectivity index (χ2v) is 7.20. The average molecular weight is 386 g/mol. The van der Waals surface area contributed by atoms with Crippen LogP contribution in [0.1, 0.15) is 51.4 Å². The number of nitrogens with two attached hydrogens (primary N) is 1. The summed E-state index contributed by atoms with van der Waals surface area (Å²) in [6.07, 6.45) is -0.00779. The van der Waals surface area contributed by atoms with Crippen LogP contribution in [0.2, 0.25) is 0 Å². The van der Waals surface area contributed by atoms with Crippen molar-refractivity contribution >= 4 is 42.1 Å². The molecular weight excluding hydrogens is 357 g/mol. The van der Waals surface area contributed by atoms with Crippen LogP contribution >= 0.6 is 36.2 Å². The van der Waals surface area contributed by atoms with Crippen LogP contribution in [-0.2, 0) is 16.1 Å². The van der Waals surface area contributed by atoms with Crippen molar-refractivity contribution in [2.24, 2.45) is 11.1 Å². The van der Waals surface area contributed by atoms with Gasteiger partial charge in [-0.2, -0.15) is 0 Å². The molecule has 136 valence electrons. The minimum absolute atomic E-state index is 0. The van der Waals surface area contributed by atoms with Crippen LogP contribution in [0.4, 0.5) is 0 Å². The zero-order valence-corrected chi connectivity index (χ0v) is 17.1. The molecule has 0 aliphatic heterocycles. The van der Waals surface area contributed by atoms with E-state index < -0.39 is 6.04 Å². The summed E-state index contributed by atoms with van der Waals surface area (Å²) in [6, 6.07) is -0.511. The Morgan fingerprint density at radius 1 is 1.43 bits per heavy atom. The zero-order valence-electron chi connectivity index (χ0n) is 14.7. The second kappa shape index (κ2) is 10.5. The molecule has 0 bridgehead atoms. The van der Waals surface area contributed by atoms with Crippen LogP contribution in [0.5, 0.6) is 0 Å². The Hall–Kier alpha value is -0.400. The highest BCUT2D eigenvalue weighted by molar-refractivity contribution is 7.09. The van der Waals surface area contributed by atoms with Crippen LogP contribution in [-0.4, -0.2) is 35.5 Å². The van der Waals surface area contributed by atoms with Gasteiger partial charge in [0.25, 0.3) is 0 Å². The fourth-order valence-corrected chi connectivity index (χ4v) is 2.65. The van der Waals surface area contributed by atoms with Gasteiger partial charge in [-0.1, -0.05) is 20.8 Å². The number of hydrogen-bond acceptors (Lipinski definition) is 5. The zero-order chi connectivity index (χ0) is 16.2. The summed E-state index contributed by atoms with van der Waals surface area (Å²) in [4.78, 5) is 18.5. The van der Waals surface area contributed by atoms with Gasteiger partial charge in [0.1, 0.15) is 11.1 Å². The van der Waals surface area contributed by atoms with Crippen LogP contribution in [0.15, 0.2) is 5.38 Å². The number of ether oxygens (including phenoxy) is 1. The number of likely N-dealkylation sites (N-methyl/N-ethyl adjacent to an activating group) is 1. The summed E-state index contributed by atoms with van der Waals surface area (Å²) in [6.45, 7) is 11.0. The Balaban J connectivity index is 0. The van der Waals surface area contributed by atoms with E-state index in [4.69, 9.17) is 10.5 Å². The molecule has 1 amide bonds. The van der Waals surface area contributed by atoms with E-state index in [2.05, 4.69) is 4.98 Å². The Labute approximate surface area is 155 Å². The first kappa shape index (κ1) is 24.8. The smallest absolute Gasteiger partial charge is 0.240 e. The summed E-state index contributed by atoms with van der Waals surface area (Å²) < 4.78 is 5.52. The van der Waals surface area contributed by atoms with Crippen LogP contribution in [0.25, 0.3) is 0 Å². The molecule has 1 rings (SSSR count). The van der Waals surface area contributed by atoms with Gasteiger partial charge < -0.3 is 15.4 Å². The van der Waals surface area contributed by atoms with E-state index in [0.717, 1.165) is 10.7 Å². The maximum Gasteiger partial charge on any atom is 0.240 e. The molecule has 5 nitrogen and oxygen atoms in total. The molecule has 0 spiro atoms. The van der Waals surface area contributed by atoms with Crippen molar-refractivity contribution in [2.75, 3.05) is 13.7 Å². The lowest BCUT2D eigenvalue weighted by Gasteiger charge is -2.29. The van der Waals surface area contributed by atoms with Crippen molar-refractivity contribution in [3.63, 3.8) is 0 Å². The number of carbonyl (C=O) groups is 1. The molecule has 0 aliphatic carbocycles. The summed E-state index contributed by atoms with van der Waals surface area (Å²) >= 11 is 1.56. The molecule has 1 unspecified atom stereocenters. The first-order chi connectivity index (χ1) is 9.66. The predicted octanol–water partition coefficient (Wildman–Crippen LogP) is 3.42. The van der Waals surface area contributed by atoms with Crippen molar-refractivity contribution < 1.29 is 9.53 Å². The minimum Gasteiger partial charge on any atom is -0.372 e. The number of thiazole rings is 1. The third-order valence-electron chi connectivity index (χ3n) is 3.31. The number of hydrogen-bond donors (Lipinski definition) is 1. The molecule has 8 heteroatoms.